The van der Waals surface area contributed by atoms with E-state index >= 15 is 0 Å². The van der Waals surface area contributed by atoms with Crippen LogP contribution in [0.3, 0.4) is 0 Å². The predicted octanol–water partition coefficient (Wildman–Crippen LogP) is 2.03. The maximum Gasteiger partial charge on any atom is 0.119 e. The van der Waals surface area contributed by atoms with Gasteiger partial charge >= 0.3 is 0 Å². The summed E-state index contributed by atoms with van der Waals surface area (Å²) in [4.78, 5) is 0. The van der Waals surface area contributed by atoms with Gasteiger partial charge in [0.2, 0.25) is 0 Å². The van der Waals surface area contributed by atoms with Crippen LogP contribution in [0, 0.1) is 0 Å². The molecule has 0 spiro atoms. The molecule has 0 aliphatic heterocycles. The van der Waals surface area contributed by atoms with Gasteiger partial charge in [-0.15, -0.1) is 0 Å². The predicted molar refractivity (Wildman–Crippen MR) is 63.8 cm³/mol. The first-order chi connectivity index (χ1) is 7.63. The van der Waals surface area contributed by atoms with Gasteiger partial charge in [0.25, 0.3) is 0 Å². The second-order valence-corrected chi connectivity index (χ2v) is 4.04. The van der Waals surface area contributed by atoms with Crippen LogP contribution in [-0.4, -0.2) is 31.5 Å². The second-order valence-electron chi connectivity index (χ2n) is 4.04. The maximum absolute atomic E-state index is 10.3. The normalized spacial score (nSPS) is 14.5. The van der Waals surface area contributed by atoms with E-state index in [4.69, 9.17) is 9.47 Å². The Bertz CT molecular complexity index is 325. The van der Waals surface area contributed by atoms with Gasteiger partial charge in [0.15, 0.2) is 0 Å². The Morgan fingerprint density at radius 2 is 2.06 bits per heavy atom. The molecule has 1 aromatic rings. The Morgan fingerprint density at radius 1 is 1.31 bits per heavy atom. The van der Waals surface area contributed by atoms with Crippen LogP contribution in [-0.2, 0) is 11.2 Å². The van der Waals surface area contributed by atoms with Gasteiger partial charge in [0, 0.05) is 13.5 Å². The van der Waals surface area contributed by atoms with E-state index in [1.807, 2.05) is 31.2 Å². The van der Waals surface area contributed by atoms with E-state index in [1.54, 1.807) is 14.2 Å². The third-order valence-electron chi connectivity index (χ3n) is 2.74. The lowest BCUT2D eigenvalue weighted by molar-refractivity contribution is -0.0333. The molecule has 3 heteroatoms. The third kappa shape index (κ3) is 3.51. The van der Waals surface area contributed by atoms with Crippen molar-refractivity contribution in [3.63, 3.8) is 0 Å². The van der Waals surface area contributed by atoms with Crippen molar-refractivity contribution in [2.75, 3.05) is 20.8 Å². The Morgan fingerprint density at radius 3 is 2.62 bits per heavy atom. The lowest BCUT2D eigenvalue weighted by Gasteiger charge is -2.26. The molecule has 0 saturated carbocycles. The van der Waals surface area contributed by atoms with Crippen LogP contribution >= 0.6 is 0 Å². The van der Waals surface area contributed by atoms with Gasteiger partial charge in [-0.05, 0) is 24.1 Å². The largest absolute Gasteiger partial charge is 0.497 e. The summed E-state index contributed by atoms with van der Waals surface area (Å²) < 4.78 is 10.2. The number of benzene rings is 1. The minimum absolute atomic E-state index is 0.348. The molecule has 0 aromatic heterocycles. The fourth-order valence-electron chi connectivity index (χ4n) is 1.71. The van der Waals surface area contributed by atoms with Gasteiger partial charge in [-0.1, -0.05) is 19.1 Å². The maximum atomic E-state index is 10.3. The monoisotopic (exact) mass is 224 g/mol. The van der Waals surface area contributed by atoms with E-state index in [2.05, 4.69) is 0 Å². The van der Waals surface area contributed by atoms with Gasteiger partial charge in [0.05, 0.1) is 19.3 Å². The molecule has 1 atom stereocenters. The van der Waals surface area contributed by atoms with Gasteiger partial charge in [0.1, 0.15) is 5.75 Å². The van der Waals surface area contributed by atoms with Crippen LogP contribution in [0.4, 0.5) is 0 Å². The van der Waals surface area contributed by atoms with E-state index in [1.165, 1.54) is 0 Å². The smallest absolute Gasteiger partial charge is 0.119 e. The fourth-order valence-corrected chi connectivity index (χ4v) is 1.71. The zero-order valence-corrected chi connectivity index (χ0v) is 10.2. The molecular weight excluding hydrogens is 204 g/mol. The molecule has 0 amide bonds. The number of ether oxygens (including phenoxy) is 2. The van der Waals surface area contributed by atoms with Crippen LogP contribution in [0.5, 0.6) is 5.75 Å². The molecule has 3 nitrogen and oxygen atoms in total. The number of methoxy groups -OCH3 is 2. The Kier molecular flexibility index (Phi) is 4.77. The molecule has 0 saturated heterocycles. The fraction of sp³-hybridized carbons (Fsp3) is 0.538. The topological polar surface area (TPSA) is 38.7 Å². The molecule has 1 unspecified atom stereocenters. The van der Waals surface area contributed by atoms with E-state index in [-0.39, 0.29) is 0 Å². The van der Waals surface area contributed by atoms with Crippen LogP contribution in [0.1, 0.15) is 18.9 Å². The highest BCUT2D eigenvalue weighted by molar-refractivity contribution is 5.29. The first kappa shape index (κ1) is 13.0. The summed E-state index contributed by atoms with van der Waals surface area (Å²) in [5.74, 6) is 0.813. The Hall–Kier alpha value is -1.06. The highest BCUT2D eigenvalue weighted by Crippen LogP contribution is 2.20. The van der Waals surface area contributed by atoms with Gasteiger partial charge in [-0.3, -0.25) is 0 Å². The molecule has 0 heterocycles. The van der Waals surface area contributed by atoms with Crippen molar-refractivity contribution in [2.24, 2.45) is 0 Å². The average Bonchev–Trinajstić information content (AvgIpc) is 2.29. The first-order valence-electron chi connectivity index (χ1n) is 5.48. The molecule has 0 bridgehead atoms. The van der Waals surface area contributed by atoms with Crippen molar-refractivity contribution in [3.05, 3.63) is 29.8 Å². The molecular formula is C13H20O3. The number of hydrogen-bond donors (Lipinski definition) is 1. The standard InChI is InChI=1S/C13H20O3/c1-4-13(14,10-15-2)9-11-6-5-7-12(8-11)16-3/h5-8,14H,4,9-10H2,1-3H3. The summed E-state index contributed by atoms with van der Waals surface area (Å²) in [6, 6.07) is 7.75. The zero-order valence-electron chi connectivity index (χ0n) is 10.2. The summed E-state index contributed by atoms with van der Waals surface area (Å²) >= 11 is 0. The Balaban J connectivity index is 2.77. The molecule has 90 valence electrons. The van der Waals surface area contributed by atoms with Crippen molar-refractivity contribution in [2.45, 2.75) is 25.4 Å². The zero-order chi connectivity index (χ0) is 12.0. The Labute approximate surface area is 97.0 Å². The summed E-state index contributed by atoms with van der Waals surface area (Å²) in [5, 5.41) is 10.3. The third-order valence-corrected chi connectivity index (χ3v) is 2.74. The van der Waals surface area contributed by atoms with Gasteiger partial charge < -0.3 is 14.6 Å². The second kappa shape index (κ2) is 5.87. The lowest BCUT2D eigenvalue weighted by Crippen LogP contribution is -2.35. The lowest BCUT2D eigenvalue weighted by atomic mass is 9.93. The average molecular weight is 224 g/mol. The van der Waals surface area contributed by atoms with Crippen molar-refractivity contribution >= 4 is 0 Å². The molecule has 1 rings (SSSR count). The molecule has 0 radical (unpaired) electrons. The van der Waals surface area contributed by atoms with Crippen molar-refractivity contribution in [3.8, 4) is 5.75 Å². The van der Waals surface area contributed by atoms with Crippen LogP contribution in [0.2, 0.25) is 0 Å². The molecule has 1 aromatic carbocycles. The molecule has 1 N–H and O–H groups in total. The van der Waals surface area contributed by atoms with E-state index in [9.17, 15) is 5.11 Å². The summed E-state index contributed by atoms with van der Waals surface area (Å²) in [5.41, 5.74) is 0.266. The highest BCUT2D eigenvalue weighted by atomic mass is 16.5. The minimum Gasteiger partial charge on any atom is -0.497 e. The van der Waals surface area contributed by atoms with Crippen LogP contribution < -0.4 is 4.74 Å². The van der Waals surface area contributed by atoms with Crippen molar-refractivity contribution in [1.82, 2.24) is 0 Å². The molecule has 0 fully saturated rings. The quantitative estimate of drug-likeness (QED) is 0.803. The van der Waals surface area contributed by atoms with E-state index in [0.29, 0.717) is 19.4 Å². The summed E-state index contributed by atoms with van der Waals surface area (Å²) in [6.45, 7) is 2.31. The number of rotatable bonds is 6. The van der Waals surface area contributed by atoms with Gasteiger partial charge in [-0.2, -0.15) is 0 Å². The van der Waals surface area contributed by atoms with Crippen molar-refractivity contribution < 1.29 is 14.6 Å². The van der Waals surface area contributed by atoms with Crippen LogP contribution in [0.15, 0.2) is 24.3 Å². The molecule has 0 aliphatic carbocycles. The first-order valence-corrected chi connectivity index (χ1v) is 5.48. The number of aliphatic hydroxyl groups is 1. The summed E-state index contributed by atoms with van der Waals surface area (Å²) in [7, 11) is 3.24. The van der Waals surface area contributed by atoms with Crippen LogP contribution in [0.25, 0.3) is 0 Å². The summed E-state index contributed by atoms with van der Waals surface area (Å²) in [6.07, 6.45) is 1.24. The highest BCUT2D eigenvalue weighted by Gasteiger charge is 2.25. The number of hydrogen-bond acceptors (Lipinski definition) is 3. The van der Waals surface area contributed by atoms with Crippen molar-refractivity contribution in [1.29, 1.82) is 0 Å². The van der Waals surface area contributed by atoms with E-state index < -0.39 is 5.60 Å². The molecule has 0 aliphatic rings. The van der Waals surface area contributed by atoms with Gasteiger partial charge in [-0.25, -0.2) is 0 Å². The molecule has 16 heavy (non-hydrogen) atoms. The minimum atomic E-state index is -0.791. The SMILES string of the molecule is CCC(O)(COC)Cc1cccc(OC)c1. The van der Waals surface area contributed by atoms with E-state index in [0.717, 1.165) is 11.3 Å².